The Hall–Kier alpha value is -1.49. The van der Waals surface area contributed by atoms with Crippen LogP contribution in [0.1, 0.15) is 48.4 Å². The number of aliphatic hydroxyl groups excluding tert-OH is 1. The molecule has 2 atom stereocenters. The lowest BCUT2D eigenvalue weighted by atomic mass is 9.89. The maximum atomic E-state index is 13.6. The van der Waals surface area contributed by atoms with Gasteiger partial charge in [0.05, 0.1) is 10.7 Å². The van der Waals surface area contributed by atoms with E-state index in [0.717, 1.165) is 28.1 Å². The number of aliphatic hydroxyl groups is 1. The molecule has 1 aromatic carbocycles. The van der Waals surface area contributed by atoms with E-state index >= 15 is 0 Å². The Morgan fingerprint density at radius 1 is 1.36 bits per heavy atom. The van der Waals surface area contributed by atoms with E-state index in [0.29, 0.717) is 12.5 Å². The Bertz CT molecular complexity index is 777. The molecule has 3 rings (SSSR count). The van der Waals surface area contributed by atoms with Crippen LogP contribution >= 0.6 is 11.6 Å². The molecule has 0 saturated heterocycles. The summed E-state index contributed by atoms with van der Waals surface area (Å²) in [5, 5.41) is 9.73. The summed E-state index contributed by atoms with van der Waals surface area (Å²) in [5.41, 5.74) is 10.6. The molecule has 1 fully saturated rings. The zero-order valence-electron chi connectivity index (χ0n) is 14.6. The molecular formula is C20H24ClFN2O. The summed E-state index contributed by atoms with van der Waals surface area (Å²) in [7, 11) is 0. The van der Waals surface area contributed by atoms with Crippen molar-refractivity contribution in [2.45, 2.75) is 38.5 Å². The smallest absolute Gasteiger partial charge is 0.141 e. The normalized spacial score (nSPS) is 16.7. The molecule has 0 bridgehead atoms. The summed E-state index contributed by atoms with van der Waals surface area (Å²) in [6.45, 7) is 4.59. The highest BCUT2D eigenvalue weighted by Gasteiger charge is 2.33. The molecule has 1 heterocycles. The Morgan fingerprint density at radius 3 is 2.64 bits per heavy atom. The number of nitrogens with zero attached hydrogens (tertiary/aromatic N) is 1. The molecular weight excluding hydrogens is 339 g/mol. The predicted molar refractivity (Wildman–Crippen MR) is 99.4 cm³/mol. The highest BCUT2D eigenvalue weighted by molar-refractivity contribution is 6.31. The van der Waals surface area contributed by atoms with Gasteiger partial charge in [0.2, 0.25) is 0 Å². The maximum absolute atomic E-state index is 13.6. The summed E-state index contributed by atoms with van der Waals surface area (Å²) in [6.07, 6.45) is 2.36. The summed E-state index contributed by atoms with van der Waals surface area (Å²) >= 11 is 5.97. The molecule has 3 nitrogen and oxygen atoms in total. The van der Waals surface area contributed by atoms with Crippen molar-refractivity contribution < 1.29 is 9.50 Å². The molecule has 1 aliphatic carbocycles. The first kappa shape index (κ1) is 18.3. The summed E-state index contributed by atoms with van der Waals surface area (Å²) in [5.74, 6) is 0.358. The number of hydrogen-bond donors (Lipinski definition) is 2. The second-order valence-corrected chi connectivity index (χ2v) is 7.41. The van der Waals surface area contributed by atoms with E-state index in [-0.39, 0.29) is 23.5 Å². The molecule has 25 heavy (non-hydrogen) atoms. The zero-order chi connectivity index (χ0) is 18.1. The lowest BCUT2D eigenvalue weighted by molar-refractivity contribution is 0.272. The molecule has 1 saturated carbocycles. The Labute approximate surface area is 153 Å². The van der Waals surface area contributed by atoms with E-state index in [1.54, 1.807) is 12.1 Å². The van der Waals surface area contributed by atoms with Crippen LogP contribution in [0.3, 0.4) is 0 Å². The van der Waals surface area contributed by atoms with Gasteiger partial charge in [-0.1, -0.05) is 18.5 Å². The lowest BCUT2D eigenvalue weighted by Crippen LogP contribution is -2.17. The third-order valence-corrected chi connectivity index (χ3v) is 5.44. The highest BCUT2D eigenvalue weighted by atomic mass is 35.5. The van der Waals surface area contributed by atoms with E-state index in [1.807, 2.05) is 13.8 Å². The Balaban J connectivity index is 2.16. The summed E-state index contributed by atoms with van der Waals surface area (Å²) in [4.78, 5) is 4.88. The second kappa shape index (κ2) is 7.40. The van der Waals surface area contributed by atoms with Crippen molar-refractivity contribution in [3.63, 3.8) is 0 Å². The lowest BCUT2D eigenvalue weighted by Gasteiger charge is -2.21. The fourth-order valence-corrected chi connectivity index (χ4v) is 3.61. The van der Waals surface area contributed by atoms with E-state index in [1.165, 1.54) is 18.9 Å². The van der Waals surface area contributed by atoms with Gasteiger partial charge in [0.1, 0.15) is 5.82 Å². The van der Waals surface area contributed by atoms with Gasteiger partial charge in [-0.2, -0.15) is 0 Å². The van der Waals surface area contributed by atoms with Crippen molar-refractivity contribution in [2.24, 2.45) is 11.7 Å². The van der Waals surface area contributed by atoms with E-state index in [4.69, 9.17) is 22.3 Å². The topological polar surface area (TPSA) is 59.1 Å². The molecule has 5 heteroatoms. The summed E-state index contributed by atoms with van der Waals surface area (Å²) < 4.78 is 13.6. The highest BCUT2D eigenvalue weighted by Crippen LogP contribution is 2.43. The third kappa shape index (κ3) is 3.71. The Kier molecular flexibility index (Phi) is 5.42. The predicted octanol–water partition coefficient (Wildman–Crippen LogP) is 4.40. The van der Waals surface area contributed by atoms with Gasteiger partial charge in [-0.15, -0.1) is 0 Å². The first-order valence-corrected chi connectivity index (χ1v) is 9.11. The summed E-state index contributed by atoms with van der Waals surface area (Å²) in [6, 6.07) is 6.75. The number of halogens is 2. The monoisotopic (exact) mass is 362 g/mol. The van der Waals surface area contributed by atoms with Crippen LogP contribution in [-0.4, -0.2) is 23.2 Å². The van der Waals surface area contributed by atoms with Crippen LogP contribution in [0, 0.1) is 18.7 Å². The molecule has 1 aromatic heterocycles. The minimum atomic E-state index is -0.444. The fraction of sp³-hybridized carbons (Fsp3) is 0.450. The first-order valence-electron chi connectivity index (χ1n) is 8.74. The SMILES string of the molecule is Cc1c(C(C)CO)cc(C(CN)C2CC2)nc1-c1ccc(F)c(Cl)c1. The molecule has 134 valence electrons. The standard InChI is InChI=1S/C20H24ClFN2O/c1-11(10-25)15-8-19(16(9-23)13-3-4-13)24-20(12(15)2)14-5-6-18(22)17(21)7-14/h5-8,11,13,16,25H,3-4,9-10,23H2,1-2H3. The minimum Gasteiger partial charge on any atom is -0.396 e. The van der Waals surface area contributed by atoms with Crippen molar-refractivity contribution in [2.75, 3.05) is 13.2 Å². The maximum Gasteiger partial charge on any atom is 0.141 e. The average Bonchev–Trinajstić information content (AvgIpc) is 3.43. The van der Waals surface area contributed by atoms with Gasteiger partial charge >= 0.3 is 0 Å². The number of pyridine rings is 1. The van der Waals surface area contributed by atoms with Crippen LogP contribution < -0.4 is 5.73 Å². The van der Waals surface area contributed by atoms with Crippen molar-refractivity contribution in [1.82, 2.24) is 4.98 Å². The van der Waals surface area contributed by atoms with Crippen LogP contribution in [0.4, 0.5) is 4.39 Å². The second-order valence-electron chi connectivity index (χ2n) is 7.00. The van der Waals surface area contributed by atoms with Crippen molar-refractivity contribution in [1.29, 1.82) is 0 Å². The number of rotatable bonds is 6. The van der Waals surface area contributed by atoms with Gasteiger partial charge in [0.15, 0.2) is 0 Å². The largest absolute Gasteiger partial charge is 0.396 e. The van der Waals surface area contributed by atoms with Crippen LogP contribution in [0.15, 0.2) is 24.3 Å². The number of benzene rings is 1. The van der Waals surface area contributed by atoms with Crippen LogP contribution in [0.25, 0.3) is 11.3 Å². The molecule has 2 aromatic rings. The van der Waals surface area contributed by atoms with Gasteiger partial charge in [-0.3, -0.25) is 4.98 Å². The van der Waals surface area contributed by atoms with Gasteiger partial charge in [-0.05, 0) is 61.1 Å². The van der Waals surface area contributed by atoms with Gasteiger partial charge in [0.25, 0.3) is 0 Å². The van der Waals surface area contributed by atoms with Crippen LogP contribution in [-0.2, 0) is 0 Å². The molecule has 3 N–H and O–H groups in total. The van der Waals surface area contributed by atoms with Crippen molar-refractivity contribution in [3.05, 3.63) is 51.9 Å². The number of aromatic nitrogens is 1. The van der Waals surface area contributed by atoms with Gasteiger partial charge < -0.3 is 10.8 Å². The number of hydrogen-bond acceptors (Lipinski definition) is 3. The molecule has 0 amide bonds. The van der Waals surface area contributed by atoms with Crippen LogP contribution in [0.5, 0.6) is 0 Å². The molecule has 0 aliphatic heterocycles. The first-order chi connectivity index (χ1) is 12.0. The molecule has 0 spiro atoms. The van der Waals surface area contributed by atoms with Crippen LogP contribution in [0.2, 0.25) is 5.02 Å². The van der Waals surface area contributed by atoms with Gasteiger partial charge in [-0.25, -0.2) is 4.39 Å². The number of nitrogens with two attached hydrogens (primary N) is 1. The van der Waals surface area contributed by atoms with E-state index in [2.05, 4.69) is 6.07 Å². The fourth-order valence-electron chi connectivity index (χ4n) is 3.43. The van der Waals surface area contributed by atoms with Crippen molar-refractivity contribution >= 4 is 11.6 Å². The minimum absolute atomic E-state index is 0.00551. The van der Waals surface area contributed by atoms with E-state index < -0.39 is 5.82 Å². The molecule has 2 unspecified atom stereocenters. The van der Waals surface area contributed by atoms with Crippen molar-refractivity contribution in [3.8, 4) is 11.3 Å². The van der Waals surface area contributed by atoms with E-state index in [9.17, 15) is 9.50 Å². The molecule has 1 aliphatic rings. The zero-order valence-corrected chi connectivity index (χ0v) is 15.4. The Morgan fingerprint density at radius 2 is 2.08 bits per heavy atom. The van der Waals surface area contributed by atoms with Gasteiger partial charge in [0, 0.05) is 36.2 Å². The quantitative estimate of drug-likeness (QED) is 0.800. The molecule has 0 radical (unpaired) electrons. The third-order valence-electron chi connectivity index (χ3n) is 5.16. The average molecular weight is 363 g/mol.